The zero-order valence-electron chi connectivity index (χ0n) is 10.6. The van der Waals surface area contributed by atoms with Crippen LogP contribution in [0.3, 0.4) is 0 Å². The molecule has 4 rings (SSSR count). The van der Waals surface area contributed by atoms with Crippen LogP contribution in [0.4, 0.5) is 5.69 Å². The summed E-state index contributed by atoms with van der Waals surface area (Å²) >= 11 is 0. The van der Waals surface area contributed by atoms with Crippen molar-refractivity contribution < 1.29 is 0 Å². The number of aromatic nitrogens is 2. The highest BCUT2D eigenvalue weighted by atomic mass is 15.1. The van der Waals surface area contributed by atoms with Gasteiger partial charge in [-0.25, -0.2) is 4.98 Å². The van der Waals surface area contributed by atoms with Crippen LogP contribution in [0.1, 0.15) is 18.9 Å². The predicted octanol–water partition coefficient (Wildman–Crippen LogP) is 3.62. The first-order valence-electron chi connectivity index (χ1n) is 6.66. The van der Waals surface area contributed by atoms with Gasteiger partial charge in [-0.2, -0.15) is 0 Å². The summed E-state index contributed by atoms with van der Waals surface area (Å²) < 4.78 is 2.37. The number of rotatable bonds is 2. The normalized spacial score (nSPS) is 14.9. The van der Waals surface area contributed by atoms with Crippen LogP contribution in [-0.2, 0) is 0 Å². The van der Waals surface area contributed by atoms with E-state index in [9.17, 15) is 0 Å². The quantitative estimate of drug-likeness (QED) is 0.705. The first kappa shape index (κ1) is 10.6. The van der Waals surface area contributed by atoms with Crippen LogP contribution in [0, 0.1) is 0 Å². The van der Waals surface area contributed by atoms with Crippen molar-refractivity contribution in [3.63, 3.8) is 0 Å². The molecule has 1 aliphatic rings. The Hall–Kier alpha value is -2.29. The first-order valence-corrected chi connectivity index (χ1v) is 6.66. The van der Waals surface area contributed by atoms with E-state index in [4.69, 9.17) is 10.7 Å². The average Bonchev–Trinajstić information content (AvgIpc) is 3.18. The molecule has 0 spiro atoms. The minimum atomic E-state index is 0.601. The Morgan fingerprint density at radius 1 is 1.05 bits per heavy atom. The summed E-state index contributed by atoms with van der Waals surface area (Å²) in [4.78, 5) is 4.79. The zero-order valence-corrected chi connectivity index (χ0v) is 10.6. The molecule has 2 N–H and O–H groups in total. The largest absolute Gasteiger partial charge is 0.399 e. The third-order valence-corrected chi connectivity index (χ3v) is 3.65. The van der Waals surface area contributed by atoms with Gasteiger partial charge in [0.05, 0.1) is 11.0 Å². The smallest absolute Gasteiger partial charge is 0.141 e. The van der Waals surface area contributed by atoms with Gasteiger partial charge >= 0.3 is 0 Å². The number of para-hydroxylation sites is 2. The summed E-state index contributed by atoms with van der Waals surface area (Å²) in [5, 5.41) is 0. The second-order valence-electron chi connectivity index (χ2n) is 5.15. The molecule has 2 aromatic carbocycles. The Kier molecular flexibility index (Phi) is 2.15. The zero-order chi connectivity index (χ0) is 12.8. The maximum absolute atomic E-state index is 5.89. The number of imidazole rings is 1. The van der Waals surface area contributed by atoms with Crippen molar-refractivity contribution in [2.75, 3.05) is 5.73 Å². The van der Waals surface area contributed by atoms with E-state index < -0.39 is 0 Å². The lowest BCUT2D eigenvalue weighted by Crippen LogP contribution is -1.97. The molecule has 1 saturated carbocycles. The molecule has 0 aliphatic heterocycles. The molecular formula is C16H15N3. The lowest BCUT2D eigenvalue weighted by molar-refractivity contribution is 0.775. The molecule has 3 nitrogen and oxygen atoms in total. The Bertz CT molecular complexity index is 754. The highest BCUT2D eigenvalue weighted by Gasteiger charge is 2.28. The van der Waals surface area contributed by atoms with Gasteiger partial charge in [-0.15, -0.1) is 0 Å². The van der Waals surface area contributed by atoms with Crippen LogP contribution in [0.25, 0.3) is 22.4 Å². The third-order valence-electron chi connectivity index (χ3n) is 3.65. The Labute approximate surface area is 111 Å². The molecule has 0 radical (unpaired) electrons. The van der Waals surface area contributed by atoms with E-state index in [1.54, 1.807) is 0 Å². The molecule has 0 atom stereocenters. The van der Waals surface area contributed by atoms with Gasteiger partial charge in [-0.05, 0) is 37.1 Å². The van der Waals surface area contributed by atoms with Crippen LogP contribution in [0.2, 0.25) is 0 Å². The highest BCUT2D eigenvalue weighted by Crippen LogP contribution is 2.41. The molecule has 19 heavy (non-hydrogen) atoms. The van der Waals surface area contributed by atoms with Crippen LogP contribution in [0.5, 0.6) is 0 Å². The molecule has 3 heteroatoms. The van der Waals surface area contributed by atoms with Gasteiger partial charge in [0, 0.05) is 17.3 Å². The lowest BCUT2D eigenvalue weighted by Gasteiger charge is -2.08. The van der Waals surface area contributed by atoms with E-state index in [1.165, 1.54) is 18.4 Å². The van der Waals surface area contributed by atoms with Gasteiger partial charge in [0.25, 0.3) is 0 Å². The van der Waals surface area contributed by atoms with Crippen molar-refractivity contribution in [2.45, 2.75) is 18.9 Å². The van der Waals surface area contributed by atoms with E-state index in [0.717, 1.165) is 22.6 Å². The van der Waals surface area contributed by atoms with E-state index in [-0.39, 0.29) is 0 Å². The summed E-state index contributed by atoms with van der Waals surface area (Å²) in [5.74, 6) is 1.04. The number of hydrogen-bond donors (Lipinski definition) is 1. The molecule has 0 amide bonds. The van der Waals surface area contributed by atoms with Gasteiger partial charge < -0.3 is 10.3 Å². The molecule has 0 saturated heterocycles. The van der Waals surface area contributed by atoms with Crippen LogP contribution < -0.4 is 5.73 Å². The number of nitrogen functional groups attached to an aromatic ring is 1. The number of nitrogens with zero attached hydrogens (tertiary/aromatic N) is 2. The molecule has 0 unspecified atom stereocenters. The third kappa shape index (κ3) is 1.70. The van der Waals surface area contributed by atoms with Gasteiger partial charge in [-0.1, -0.05) is 24.3 Å². The second kappa shape index (κ2) is 3.85. The summed E-state index contributed by atoms with van der Waals surface area (Å²) in [6.07, 6.45) is 2.49. The Balaban J connectivity index is 2.00. The lowest BCUT2D eigenvalue weighted by atomic mass is 10.2. The van der Waals surface area contributed by atoms with Crippen molar-refractivity contribution in [3.05, 3.63) is 48.5 Å². The maximum Gasteiger partial charge on any atom is 0.141 e. The van der Waals surface area contributed by atoms with E-state index in [0.29, 0.717) is 6.04 Å². The van der Waals surface area contributed by atoms with Crippen LogP contribution in [0.15, 0.2) is 48.5 Å². The molecule has 0 bridgehead atoms. The van der Waals surface area contributed by atoms with Gasteiger partial charge in [0.1, 0.15) is 5.82 Å². The van der Waals surface area contributed by atoms with Crippen LogP contribution >= 0.6 is 0 Å². The molecule has 3 aromatic rings. The Morgan fingerprint density at radius 2 is 1.89 bits per heavy atom. The molecule has 1 fully saturated rings. The number of anilines is 1. The highest BCUT2D eigenvalue weighted by molar-refractivity contribution is 5.81. The monoisotopic (exact) mass is 249 g/mol. The van der Waals surface area contributed by atoms with Crippen LogP contribution in [-0.4, -0.2) is 9.55 Å². The number of fused-ring (bicyclic) bond motifs is 1. The van der Waals surface area contributed by atoms with Gasteiger partial charge in [0.15, 0.2) is 0 Å². The molecule has 94 valence electrons. The average molecular weight is 249 g/mol. The fraction of sp³-hybridized carbons (Fsp3) is 0.188. The fourth-order valence-corrected chi connectivity index (χ4v) is 2.63. The molecule has 1 aliphatic carbocycles. The fourth-order valence-electron chi connectivity index (χ4n) is 2.63. The maximum atomic E-state index is 5.89. The van der Waals surface area contributed by atoms with Crippen molar-refractivity contribution >= 4 is 16.7 Å². The molecular weight excluding hydrogens is 234 g/mol. The van der Waals surface area contributed by atoms with Gasteiger partial charge in [-0.3, -0.25) is 0 Å². The number of hydrogen-bond acceptors (Lipinski definition) is 2. The number of nitrogens with two attached hydrogens (primary N) is 1. The standard InChI is InChI=1S/C16H15N3/c17-12-5-3-4-11(10-12)16-18-14-6-1-2-7-15(14)19(16)13-8-9-13/h1-7,10,13H,8-9,17H2. The summed E-state index contributed by atoms with van der Waals surface area (Å²) in [6, 6.07) is 16.9. The van der Waals surface area contributed by atoms with Crippen molar-refractivity contribution in [1.82, 2.24) is 9.55 Å². The summed E-state index contributed by atoms with van der Waals surface area (Å²) in [5.41, 5.74) is 10.1. The van der Waals surface area contributed by atoms with Crippen molar-refractivity contribution in [1.29, 1.82) is 0 Å². The summed E-state index contributed by atoms with van der Waals surface area (Å²) in [7, 11) is 0. The van der Waals surface area contributed by atoms with Crippen molar-refractivity contribution in [2.24, 2.45) is 0 Å². The minimum absolute atomic E-state index is 0.601. The molecule has 1 aromatic heterocycles. The topological polar surface area (TPSA) is 43.8 Å². The number of benzene rings is 2. The SMILES string of the molecule is Nc1cccc(-c2nc3ccccc3n2C2CC2)c1. The van der Waals surface area contributed by atoms with Gasteiger partial charge in [0.2, 0.25) is 0 Å². The van der Waals surface area contributed by atoms with E-state index in [1.807, 2.05) is 24.3 Å². The van der Waals surface area contributed by atoms with E-state index >= 15 is 0 Å². The van der Waals surface area contributed by atoms with E-state index in [2.05, 4.69) is 28.8 Å². The summed E-state index contributed by atoms with van der Waals surface area (Å²) in [6.45, 7) is 0. The molecule has 1 heterocycles. The minimum Gasteiger partial charge on any atom is -0.399 e. The van der Waals surface area contributed by atoms with Crippen molar-refractivity contribution in [3.8, 4) is 11.4 Å². The Morgan fingerprint density at radius 3 is 2.68 bits per heavy atom. The second-order valence-corrected chi connectivity index (χ2v) is 5.15. The first-order chi connectivity index (χ1) is 9.33. The predicted molar refractivity (Wildman–Crippen MR) is 77.9 cm³/mol.